The van der Waals surface area contributed by atoms with Gasteiger partial charge in [-0.05, 0) is 80.2 Å². The average molecular weight is 421 g/mol. The van der Waals surface area contributed by atoms with Gasteiger partial charge in [0, 0.05) is 37.2 Å². The van der Waals surface area contributed by atoms with Crippen LogP contribution in [-0.2, 0) is 18.3 Å². The van der Waals surface area contributed by atoms with Crippen LogP contribution in [0.4, 0.5) is 0 Å². The summed E-state index contributed by atoms with van der Waals surface area (Å²) in [5, 5.41) is 17.8. The monoisotopic (exact) mass is 420 g/mol. The number of aromatic nitrogens is 2. The lowest BCUT2D eigenvalue weighted by molar-refractivity contribution is 0.0655. The number of carbonyl (C=O) groups excluding carboxylic acids is 1. The molecule has 3 unspecified atom stereocenters. The number of likely N-dealkylation sites (N-methyl/N-ethyl adjacent to an activating group) is 1. The highest BCUT2D eigenvalue weighted by Crippen LogP contribution is 2.60. The number of fused-ring (bicyclic) bond motifs is 7. The number of nitrogens with one attached hydrogen (secondary N) is 1. The van der Waals surface area contributed by atoms with Crippen molar-refractivity contribution < 1.29 is 9.90 Å². The Hall–Kier alpha value is -2.34. The molecule has 6 rings (SSSR count). The second kappa shape index (κ2) is 6.83. The maximum Gasteiger partial charge on any atom is 0.272 e. The fourth-order valence-corrected chi connectivity index (χ4v) is 7.16. The number of nitrogens with zero attached hydrogens (tertiary/aromatic N) is 3. The van der Waals surface area contributed by atoms with E-state index in [1.165, 1.54) is 16.7 Å². The zero-order valence-electron chi connectivity index (χ0n) is 18.5. The molecular weight excluding hydrogens is 388 g/mol. The van der Waals surface area contributed by atoms with Crippen molar-refractivity contribution in [2.75, 3.05) is 33.2 Å². The summed E-state index contributed by atoms with van der Waals surface area (Å²) in [4.78, 5) is 17.6. The van der Waals surface area contributed by atoms with Crippen LogP contribution in [0.3, 0.4) is 0 Å². The third-order valence-corrected chi connectivity index (χ3v) is 8.94. The van der Waals surface area contributed by atoms with Crippen molar-refractivity contribution in [2.24, 2.45) is 11.8 Å². The summed E-state index contributed by atoms with van der Waals surface area (Å²) in [6, 6.07) is 5.97. The topological polar surface area (TPSA) is 72.5 Å². The predicted molar refractivity (Wildman–Crippen MR) is 118 cm³/mol. The van der Waals surface area contributed by atoms with Crippen LogP contribution in [0.1, 0.15) is 65.0 Å². The third-order valence-electron chi connectivity index (χ3n) is 8.94. The molecule has 0 bridgehead atoms. The quantitative estimate of drug-likeness (QED) is 0.744. The van der Waals surface area contributed by atoms with Crippen LogP contribution in [0.15, 0.2) is 18.2 Å². The fraction of sp³-hybridized carbons (Fsp3) is 0.600. The molecule has 0 spiro atoms. The van der Waals surface area contributed by atoms with Crippen molar-refractivity contribution in [2.45, 2.75) is 50.4 Å². The highest BCUT2D eigenvalue weighted by atomic mass is 16.3. The number of carbonyl (C=O) groups is 1. The molecule has 1 saturated heterocycles. The summed E-state index contributed by atoms with van der Waals surface area (Å²) in [6.07, 6.45) is 5.43. The van der Waals surface area contributed by atoms with Gasteiger partial charge in [-0.3, -0.25) is 9.89 Å². The van der Waals surface area contributed by atoms with Crippen LogP contribution in [0.2, 0.25) is 0 Å². The van der Waals surface area contributed by atoms with Crippen molar-refractivity contribution in [1.82, 2.24) is 20.0 Å². The summed E-state index contributed by atoms with van der Waals surface area (Å²) < 4.78 is 0. The summed E-state index contributed by atoms with van der Waals surface area (Å²) in [5.41, 5.74) is 5.91. The first-order chi connectivity index (χ1) is 15.0. The van der Waals surface area contributed by atoms with E-state index in [2.05, 4.69) is 30.0 Å². The van der Waals surface area contributed by atoms with Gasteiger partial charge < -0.3 is 14.9 Å². The number of rotatable bonds is 1. The Labute approximate surface area is 183 Å². The molecule has 4 aliphatic rings. The molecule has 1 saturated carbocycles. The minimum Gasteiger partial charge on any atom is -0.508 e. The lowest BCUT2D eigenvalue weighted by atomic mass is 9.55. The summed E-state index contributed by atoms with van der Waals surface area (Å²) in [7, 11) is 2.11. The standard InChI is InChI=1S/C25H32N4O2/c1-25-8-7-18-17-6-4-16(30)13-15(17)3-5-19(18)21(25)14-20-22(26-27-23(20)25)24(31)29-11-9-28(2)10-12-29/h4,6,13,18-19,21,30H,3,5,7-12,14H2,1-2H3,(H,26,27)/t18?,19?,21?,25-/m0/s1. The Morgan fingerprint density at radius 3 is 2.84 bits per heavy atom. The van der Waals surface area contributed by atoms with Gasteiger partial charge in [-0.2, -0.15) is 5.10 Å². The van der Waals surface area contributed by atoms with Gasteiger partial charge in [0.25, 0.3) is 5.91 Å². The van der Waals surface area contributed by atoms with Crippen LogP contribution >= 0.6 is 0 Å². The van der Waals surface area contributed by atoms with E-state index in [4.69, 9.17) is 5.10 Å². The lowest BCUT2D eigenvalue weighted by Gasteiger charge is -2.49. The number of benzene rings is 1. The first-order valence-corrected chi connectivity index (χ1v) is 11.8. The number of aromatic amines is 1. The predicted octanol–water partition coefficient (Wildman–Crippen LogP) is 3.07. The molecule has 1 amide bonds. The smallest absolute Gasteiger partial charge is 0.272 e. The summed E-state index contributed by atoms with van der Waals surface area (Å²) >= 11 is 0. The highest BCUT2D eigenvalue weighted by molar-refractivity contribution is 5.94. The zero-order valence-corrected chi connectivity index (χ0v) is 18.5. The summed E-state index contributed by atoms with van der Waals surface area (Å²) in [5.74, 6) is 2.24. The minimum atomic E-state index is 0.0576. The van der Waals surface area contributed by atoms with Crippen molar-refractivity contribution >= 4 is 5.91 Å². The van der Waals surface area contributed by atoms with Gasteiger partial charge in [0.1, 0.15) is 11.4 Å². The molecule has 6 nitrogen and oxygen atoms in total. The summed E-state index contributed by atoms with van der Waals surface area (Å²) in [6.45, 7) is 5.83. The molecule has 1 aromatic carbocycles. The van der Waals surface area contributed by atoms with E-state index in [9.17, 15) is 9.90 Å². The highest BCUT2D eigenvalue weighted by Gasteiger charge is 2.55. The maximum absolute atomic E-state index is 13.3. The van der Waals surface area contributed by atoms with E-state index in [1.807, 2.05) is 17.0 Å². The average Bonchev–Trinajstić information content (AvgIpc) is 3.31. The number of aromatic hydroxyl groups is 1. The van der Waals surface area contributed by atoms with Crippen molar-refractivity contribution in [3.63, 3.8) is 0 Å². The van der Waals surface area contributed by atoms with E-state index in [1.54, 1.807) is 0 Å². The van der Waals surface area contributed by atoms with E-state index >= 15 is 0 Å². The van der Waals surface area contributed by atoms with Crippen molar-refractivity contribution in [1.29, 1.82) is 0 Å². The van der Waals surface area contributed by atoms with E-state index < -0.39 is 0 Å². The Kier molecular flexibility index (Phi) is 4.26. The van der Waals surface area contributed by atoms with Gasteiger partial charge in [0.2, 0.25) is 0 Å². The molecule has 164 valence electrons. The third kappa shape index (κ3) is 2.80. The molecular formula is C25H32N4O2. The number of aryl methyl sites for hydroxylation is 1. The van der Waals surface area contributed by atoms with Gasteiger partial charge in [0.15, 0.2) is 0 Å². The van der Waals surface area contributed by atoms with Gasteiger partial charge in [-0.1, -0.05) is 13.0 Å². The molecule has 1 aromatic heterocycles. The van der Waals surface area contributed by atoms with E-state index in [0.29, 0.717) is 23.5 Å². The zero-order chi connectivity index (χ0) is 21.3. The molecule has 6 heteroatoms. The fourth-order valence-electron chi connectivity index (χ4n) is 7.16. The lowest BCUT2D eigenvalue weighted by Crippen LogP contribution is -2.47. The normalized spacial score (nSPS) is 32.2. The SMILES string of the molecule is CN1CCN(C(=O)c2[nH]nc3c2CC2C4CCc5cc(O)ccc5C4CC[C@]32C)CC1. The number of H-pyrrole nitrogens is 1. The van der Waals surface area contributed by atoms with Crippen LogP contribution in [-0.4, -0.2) is 64.2 Å². The largest absolute Gasteiger partial charge is 0.508 e. The van der Waals surface area contributed by atoms with E-state index in [-0.39, 0.29) is 11.3 Å². The van der Waals surface area contributed by atoms with E-state index in [0.717, 1.165) is 69.7 Å². The molecule has 2 N–H and O–H groups in total. The Balaban J connectivity index is 1.30. The number of hydrogen-bond acceptors (Lipinski definition) is 4. The van der Waals surface area contributed by atoms with Gasteiger partial charge in [-0.25, -0.2) is 0 Å². The number of phenols is 1. The molecule has 0 radical (unpaired) electrons. The number of amides is 1. The second-order valence-electron chi connectivity index (χ2n) is 10.5. The van der Waals surface area contributed by atoms with Gasteiger partial charge >= 0.3 is 0 Å². The Bertz CT molecular complexity index is 1040. The van der Waals surface area contributed by atoms with Crippen LogP contribution < -0.4 is 0 Å². The molecule has 1 aliphatic heterocycles. The molecule has 3 aliphatic carbocycles. The molecule has 2 fully saturated rings. The van der Waals surface area contributed by atoms with Crippen molar-refractivity contribution in [3.05, 3.63) is 46.3 Å². The molecule has 31 heavy (non-hydrogen) atoms. The van der Waals surface area contributed by atoms with Crippen molar-refractivity contribution in [3.8, 4) is 5.75 Å². The Morgan fingerprint density at radius 2 is 2.03 bits per heavy atom. The van der Waals surface area contributed by atoms with Gasteiger partial charge in [-0.15, -0.1) is 0 Å². The number of piperazine rings is 1. The van der Waals surface area contributed by atoms with Crippen LogP contribution in [0, 0.1) is 11.8 Å². The Morgan fingerprint density at radius 1 is 1.23 bits per heavy atom. The van der Waals surface area contributed by atoms with Crippen LogP contribution in [0.25, 0.3) is 0 Å². The minimum absolute atomic E-state index is 0.0576. The molecule has 2 aromatic rings. The molecule has 4 atom stereocenters. The van der Waals surface area contributed by atoms with Gasteiger partial charge in [0.05, 0.1) is 5.69 Å². The van der Waals surface area contributed by atoms with Crippen LogP contribution in [0.5, 0.6) is 5.75 Å². The first kappa shape index (κ1) is 19.4. The maximum atomic E-state index is 13.3. The first-order valence-electron chi connectivity index (χ1n) is 11.8. The second-order valence-corrected chi connectivity index (χ2v) is 10.5. The molecule has 2 heterocycles. The number of hydrogen-bond donors (Lipinski definition) is 2. The number of phenolic OH excluding ortho intramolecular Hbond substituents is 1.